The number of carbonyl (C=O) groups is 1. The van der Waals surface area contributed by atoms with Crippen LogP contribution in [0, 0.1) is 0 Å². The number of hydrogen-bond acceptors (Lipinski definition) is 3. The highest BCUT2D eigenvalue weighted by Gasteiger charge is 2.29. The maximum atomic E-state index is 12.2. The van der Waals surface area contributed by atoms with E-state index in [1.165, 1.54) is 4.90 Å². The average Bonchev–Trinajstić information content (AvgIpc) is 2.26. The number of rotatable bonds is 9. The van der Waals surface area contributed by atoms with Crippen LogP contribution in [0.1, 0.15) is 39.0 Å². The fourth-order valence-corrected chi connectivity index (χ4v) is 1.71. The molecule has 0 aliphatic carbocycles. The number of nitrogens with zero attached hydrogens (tertiary/aromatic N) is 1. The first-order valence-electron chi connectivity index (χ1n) is 6.17. The molecule has 0 fully saturated rings. The monoisotopic (exact) mass is 269 g/mol. The summed E-state index contributed by atoms with van der Waals surface area (Å²) in [5, 5.41) is 0. The van der Waals surface area contributed by atoms with Gasteiger partial charge in [0.25, 0.3) is 0 Å². The Hall–Kier alpha value is -0.820. The summed E-state index contributed by atoms with van der Waals surface area (Å²) < 4.78 is 36.7. The molecule has 0 rings (SSSR count). The topological polar surface area (TPSA) is 58.4 Å². The van der Waals surface area contributed by atoms with Crippen molar-refractivity contribution in [2.75, 3.05) is 19.6 Å². The summed E-state index contributed by atoms with van der Waals surface area (Å²) in [6.07, 6.45) is -1.09. The largest absolute Gasteiger partial charge is 0.401 e. The van der Waals surface area contributed by atoms with E-state index in [0.29, 0.717) is 38.8 Å². The molecule has 0 atom stereocenters. The lowest BCUT2D eigenvalue weighted by atomic mass is 10.2. The molecule has 1 amide bonds. The standard InChI is InChI=1S/C11H22F3N3O/c1-2-7-17(9-11(12,13)14)8-5-3-4-6-10(18)16-15/h2-9,15H2,1H3,(H,16,18). The Morgan fingerprint density at radius 2 is 1.89 bits per heavy atom. The fourth-order valence-electron chi connectivity index (χ4n) is 1.71. The summed E-state index contributed by atoms with van der Waals surface area (Å²) in [5.74, 6) is 4.67. The van der Waals surface area contributed by atoms with E-state index >= 15 is 0 Å². The maximum absolute atomic E-state index is 12.2. The first-order valence-corrected chi connectivity index (χ1v) is 6.17. The number of nitrogens with two attached hydrogens (primary N) is 1. The molecule has 0 aromatic carbocycles. The third kappa shape index (κ3) is 10.3. The molecule has 0 saturated carbocycles. The quantitative estimate of drug-likeness (QED) is 0.290. The third-order valence-electron chi connectivity index (χ3n) is 2.48. The molecule has 0 aliphatic heterocycles. The number of hydrogen-bond donors (Lipinski definition) is 2. The van der Waals surface area contributed by atoms with Gasteiger partial charge in [0.05, 0.1) is 6.54 Å². The lowest BCUT2D eigenvalue weighted by molar-refractivity contribution is -0.146. The van der Waals surface area contributed by atoms with Gasteiger partial charge in [-0.1, -0.05) is 13.3 Å². The molecule has 0 saturated heterocycles. The second kappa shape index (κ2) is 9.16. The number of nitrogens with one attached hydrogen (secondary N) is 1. The molecule has 3 N–H and O–H groups in total. The molecular weight excluding hydrogens is 247 g/mol. The van der Waals surface area contributed by atoms with Crippen LogP contribution in [0.25, 0.3) is 0 Å². The summed E-state index contributed by atoms with van der Waals surface area (Å²) in [4.78, 5) is 12.2. The second-order valence-electron chi connectivity index (χ2n) is 4.27. The predicted molar refractivity (Wildman–Crippen MR) is 63.6 cm³/mol. The van der Waals surface area contributed by atoms with Gasteiger partial charge in [-0.25, -0.2) is 5.84 Å². The first kappa shape index (κ1) is 17.2. The third-order valence-corrected chi connectivity index (χ3v) is 2.48. The fraction of sp³-hybridized carbons (Fsp3) is 0.909. The Morgan fingerprint density at radius 3 is 2.39 bits per heavy atom. The smallest absolute Gasteiger partial charge is 0.295 e. The van der Waals surface area contributed by atoms with Crippen LogP contribution < -0.4 is 11.3 Å². The number of hydrazine groups is 1. The van der Waals surface area contributed by atoms with Crippen molar-refractivity contribution in [3.63, 3.8) is 0 Å². The Labute approximate surface area is 106 Å². The van der Waals surface area contributed by atoms with Crippen molar-refractivity contribution in [3.8, 4) is 0 Å². The highest BCUT2D eigenvalue weighted by molar-refractivity contribution is 5.74. The minimum atomic E-state index is -4.14. The van der Waals surface area contributed by atoms with E-state index in [2.05, 4.69) is 0 Å². The zero-order valence-corrected chi connectivity index (χ0v) is 10.7. The van der Waals surface area contributed by atoms with Crippen molar-refractivity contribution in [1.82, 2.24) is 10.3 Å². The molecule has 7 heteroatoms. The molecule has 0 bridgehead atoms. The molecule has 0 spiro atoms. The van der Waals surface area contributed by atoms with Crippen molar-refractivity contribution in [1.29, 1.82) is 0 Å². The lowest BCUT2D eigenvalue weighted by Gasteiger charge is -2.22. The first-order chi connectivity index (χ1) is 8.39. The summed E-state index contributed by atoms with van der Waals surface area (Å²) in [6, 6.07) is 0. The molecule has 0 radical (unpaired) electrons. The van der Waals surface area contributed by atoms with Crippen molar-refractivity contribution in [3.05, 3.63) is 0 Å². The van der Waals surface area contributed by atoms with Crippen molar-refractivity contribution in [2.24, 2.45) is 5.84 Å². The SMILES string of the molecule is CCCN(CCCCCC(=O)NN)CC(F)(F)F. The van der Waals surface area contributed by atoms with Gasteiger partial charge in [-0.15, -0.1) is 0 Å². The van der Waals surface area contributed by atoms with Gasteiger partial charge in [-0.2, -0.15) is 13.2 Å². The zero-order valence-electron chi connectivity index (χ0n) is 10.7. The Balaban J connectivity index is 3.73. The van der Waals surface area contributed by atoms with Crippen LogP contribution in [0.5, 0.6) is 0 Å². The van der Waals surface area contributed by atoms with E-state index in [0.717, 1.165) is 6.42 Å². The number of unbranched alkanes of at least 4 members (excludes halogenated alkanes) is 2. The molecule has 0 aromatic heterocycles. The van der Waals surface area contributed by atoms with Gasteiger partial charge < -0.3 is 0 Å². The van der Waals surface area contributed by atoms with Crippen LogP contribution in [0.2, 0.25) is 0 Å². The van der Waals surface area contributed by atoms with Gasteiger partial charge in [0.1, 0.15) is 0 Å². The molecule has 0 aromatic rings. The summed E-state index contributed by atoms with van der Waals surface area (Å²) >= 11 is 0. The summed E-state index contributed by atoms with van der Waals surface area (Å²) in [5.41, 5.74) is 2.02. The minimum Gasteiger partial charge on any atom is -0.295 e. The van der Waals surface area contributed by atoms with Crippen molar-refractivity contribution < 1.29 is 18.0 Å². The molecular formula is C11H22F3N3O. The van der Waals surface area contributed by atoms with Gasteiger partial charge in [0, 0.05) is 6.42 Å². The van der Waals surface area contributed by atoms with Crippen LogP contribution in [0.15, 0.2) is 0 Å². The molecule has 4 nitrogen and oxygen atoms in total. The molecule has 0 heterocycles. The molecule has 0 aliphatic rings. The average molecular weight is 269 g/mol. The van der Waals surface area contributed by atoms with E-state index in [-0.39, 0.29) is 5.91 Å². The summed E-state index contributed by atoms with van der Waals surface area (Å²) in [7, 11) is 0. The Morgan fingerprint density at radius 1 is 1.22 bits per heavy atom. The normalized spacial score (nSPS) is 11.9. The zero-order chi connectivity index (χ0) is 14.0. The van der Waals surface area contributed by atoms with Crippen molar-refractivity contribution >= 4 is 5.91 Å². The van der Waals surface area contributed by atoms with E-state index in [4.69, 9.17) is 5.84 Å². The number of alkyl halides is 3. The number of amides is 1. The van der Waals surface area contributed by atoms with Gasteiger partial charge in [-0.3, -0.25) is 15.1 Å². The van der Waals surface area contributed by atoms with Gasteiger partial charge >= 0.3 is 6.18 Å². The van der Waals surface area contributed by atoms with Gasteiger partial charge in [-0.05, 0) is 32.4 Å². The summed E-state index contributed by atoms with van der Waals surface area (Å²) in [6.45, 7) is 1.86. The van der Waals surface area contributed by atoms with Crippen LogP contribution in [0.4, 0.5) is 13.2 Å². The second-order valence-corrected chi connectivity index (χ2v) is 4.27. The Bertz CT molecular complexity index is 234. The van der Waals surface area contributed by atoms with E-state index in [1.54, 1.807) is 0 Å². The Kier molecular flexibility index (Phi) is 8.74. The van der Waals surface area contributed by atoms with Crippen molar-refractivity contribution in [2.45, 2.75) is 45.2 Å². The lowest BCUT2D eigenvalue weighted by Crippen LogP contribution is -2.35. The van der Waals surface area contributed by atoms with Crippen LogP contribution in [-0.4, -0.2) is 36.6 Å². The molecule has 108 valence electrons. The van der Waals surface area contributed by atoms with E-state index in [1.807, 2.05) is 12.3 Å². The maximum Gasteiger partial charge on any atom is 0.401 e. The highest BCUT2D eigenvalue weighted by Crippen LogP contribution is 2.17. The number of carbonyl (C=O) groups excluding carboxylic acids is 1. The van der Waals surface area contributed by atoms with Crippen LogP contribution in [-0.2, 0) is 4.79 Å². The van der Waals surface area contributed by atoms with E-state index < -0.39 is 12.7 Å². The van der Waals surface area contributed by atoms with Gasteiger partial charge in [0.15, 0.2) is 0 Å². The number of halogens is 3. The predicted octanol–water partition coefficient (Wildman–Crippen LogP) is 1.81. The van der Waals surface area contributed by atoms with Crippen LogP contribution in [0.3, 0.4) is 0 Å². The van der Waals surface area contributed by atoms with Crippen LogP contribution >= 0.6 is 0 Å². The highest BCUT2D eigenvalue weighted by atomic mass is 19.4. The molecule has 18 heavy (non-hydrogen) atoms. The minimum absolute atomic E-state index is 0.240. The van der Waals surface area contributed by atoms with Gasteiger partial charge in [0.2, 0.25) is 5.91 Å². The molecule has 0 unspecified atom stereocenters. The van der Waals surface area contributed by atoms with E-state index in [9.17, 15) is 18.0 Å².